The molecule has 0 saturated heterocycles. The molecule has 0 aromatic heterocycles. The zero-order valence-corrected chi connectivity index (χ0v) is 44.6. The molecular formula is C50H89N11O7. The fraction of sp³-hybridized carbons (Fsp3) is 0.720. The number of rotatable bonds is 27. The first-order valence-corrected chi connectivity index (χ1v) is 24.2. The zero-order valence-electron chi connectivity index (χ0n) is 44.6. The highest BCUT2D eigenvalue weighted by atomic mass is 16.2. The van der Waals surface area contributed by atoms with Gasteiger partial charge in [0.25, 0.3) is 0 Å². The van der Waals surface area contributed by atoms with Crippen LogP contribution in [0.15, 0.2) is 35.3 Å². The van der Waals surface area contributed by atoms with E-state index in [-0.39, 0.29) is 41.9 Å². The predicted octanol–water partition coefficient (Wildman–Crippen LogP) is 2.54. The van der Waals surface area contributed by atoms with E-state index in [1.165, 1.54) is 38.6 Å². The first kappa shape index (κ1) is 60.8. The molecule has 18 nitrogen and oxygen atoms in total. The van der Waals surface area contributed by atoms with E-state index in [9.17, 15) is 33.6 Å². The van der Waals surface area contributed by atoms with Crippen molar-refractivity contribution >= 4 is 47.3 Å². The van der Waals surface area contributed by atoms with Gasteiger partial charge in [0.2, 0.25) is 41.4 Å². The molecule has 0 heterocycles. The topological polar surface area (TPSA) is 236 Å². The minimum atomic E-state index is -1.05. The molecule has 1 aromatic rings. The van der Waals surface area contributed by atoms with Gasteiger partial charge in [0.1, 0.15) is 36.3 Å². The van der Waals surface area contributed by atoms with Crippen LogP contribution in [0.2, 0.25) is 0 Å². The number of carbonyl (C=O) groups excluding carboxylic acids is 7. The fourth-order valence-corrected chi connectivity index (χ4v) is 8.89. The van der Waals surface area contributed by atoms with Gasteiger partial charge in [-0.1, -0.05) is 113 Å². The maximum Gasteiger partial charge on any atom is 0.246 e. The van der Waals surface area contributed by atoms with E-state index >= 15 is 0 Å². The minimum absolute atomic E-state index is 0.00235. The Kier molecular flexibility index (Phi) is 25.3. The molecule has 7 N–H and O–H groups in total. The Hall–Kier alpha value is -5.26. The molecule has 0 aliphatic rings. The van der Waals surface area contributed by atoms with Crippen molar-refractivity contribution in [3.8, 4) is 0 Å². The van der Waals surface area contributed by atoms with Gasteiger partial charge in [-0.3, -0.25) is 38.6 Å². The Labute approximate surface area is 408 Å². The van der Waals surface area contributed by atoms with E-state index in [4.69, 9.17) is 11.5 Å². The van der Waals surface area contributed by atoms with E-state index in [2.05, 4.69) is 20.9 Å². The van der Waals surface area contributed by atoms with Gasteiger partial charge in [-0.2, -0.15) is 0 Å². The van der Waals surface area contributed by atoms with Crippen LogP contribution in [-0.4, -0.2) is 169 Å². The van der Waals surface area contributed by atoms with Gasteiger partial charge in [0, 0.05) is 54.7 Å². The van der Waals surface area contributed by atoms with Crippen LogP contribution in [0, 0.1) is 35.5 Å². The third-order valence-corrected chi connectivity index (χ3v) is 12.7. The average Bonchev–Trinajstić information content (AvgIpc) is 3.24. The molecule has 0 spiro atoms. The van der Waals surface area contributed by atoms with Gasteiger partial charge < -0.3 is 51.9 Å². The number of amides is 7. The molecule has 68 heavy (non-hydrogen) atoms. The lowest BCUT2D eigenvalue weighted by Crippen LogP contribution is -2.63. The van der Waals surface area contributed by atoms with Crippen LogP contribution in [0.3, 0.4) is 0 Å². The molecule has 0 saturated carbocycles. The first-order chi connectivity index (χ1) is 31.6. The third kappa shape index (κ3) is 16.8. The van der Waals surface area contributed by atoms with Crippen LogP contribution in [0.1, 0.15) is 101 Å². The highest BCUT2D eigenvalue weighted by molar-refractivity contribution is 5.97. The molecule has 0 aliphatic carbocycles. The number of nitrogens with zero attached hydrogens (tertiary/aromatic N) is 6. The summed E-state index contributed by atoms with van der Waals surface area (Å²) in [5.41, 5.74) is 11.7. The Balaban J connectivity index is 3.54. The molecule has 7 amide bonds. The fourth-order valence-electron chi connectivity index (χ4n) is 8.89. The number of aliphatic imine (C=N–C) groups is 1. The number of hydrogen-bond acceptors (Lipinski definition) is 9. The number of carbonyl (C=O) groups is 7. The van der Waals surface area contributed by atoms with E-state index in [1.54, 1.807) is 28.2 Å². The molecule has 1 rings (SSSR count). The summed E-state index contributed by atoms with van der Waals surface area (Å²) in [6.45, 7) is 22.8. The second-order valence-corrected chi connectivity index (χ2v) is 20.3. The molecule has 0 radical (unpaired) electrons. The number of benzene rings is 1. The summed E-state index contributed by atoms with van der Waals surface area (Å²) < 4.78 is 0. The average molecular weight is 956 g/mol. The van der Waals surface area contributed by atoms with E-state index in [0.717, 1.165) is 5.56 Å². The molecular weight excluding hydrogens is 867 g/mol. The molecule has 386 valence electrons. The summed E-state index contributed by atoms with van der Waals surface area (Å²) in [7, 11) is 9.40. The van der Waals surface area contributed by atoms with Crippen LogP contribution in [0.25, 0.3) is 0 Å². The SMILES string of the molecule is CN[C@H](C(=O)N[C@H](C(=O)N(C)[C@H](C(=O)N(C)[C@H](C(=O)N(C)[C@H](C(=O)N(C)[C@H](C(=O)N(C)[C@@H](Cc1ccccc1)C(=O)NCCCCN=C(N)N)C(C)C)C(C)C)C(C)C)C(C)C)C(C)C)C(C)C. The summed E-state index contributed by atoms with van der Waals surface area (Å²) in [4.78, 5) is 111. The molecule has 1 aromatic carbocycles. The van der Waals surface area contributed by atoms with Gasteiger partial charge in [-0.25, -0.2) is 0 Å². The summed E-state index contributed by atoms with van der Waals surface area (Å²) in [6.07, 6.45) is 1.48. The second kappa shape index (κ2) is 28.3. The number of likely N-dealkylation sites (N-methyl/N-ethyl adjacent to an activating group) is 6. The van der Waals surface area contributed by atoms with Crippen LogP contribution in [0.5, 0.6) is 0 Å². The molecule has 7 atom stereocenters. The normalized spacial score (nSPS) is 14.7. The number of unbranched alkanes of at least 4 members (excludes halogenated alkanes) is 1. The lowest BCUT2D eigenvalue weighted by molar-refractivity contribution is -0.158. The van der Waals surface area contributed by atoms with Crippen molar-refractivity contribution in [1.82, 2.24) is 40.4 Å². The van der Waals surface area contributed by atoms with Crippen molar-refractivity contribution in [2.75, 3.05) is 55.4 Å². The maximum atomic E-state index is 14.8. The van der Waals surface area contributed by atoms with Crippen molar-refractivity contribution in [1.29, 1.82) is 0 Å². The highest BCUT2D eigenvalue weighted by Crippen LogP contribution is 2.25. The van der Waals surface area contributed by atoms with Gasteiger partial charge >= 0.3 is 0 Å². The summed E-state index contributed by atoms with van der Waals surface area (Å²) >= 11 is 0. The van der Waals surface area contributed by atoms with E-state index in [0.29, 0.717) is 25.9 Å². The number of nitrogens with one attached hydrogen (secondary N) is 3. The standard InChI is InChI=1S/C50H89N11O7/c1-29(2)37(53-13)44(63)56-38(30(3)4)45(64)58(15)40(32(7)8)47(66)60(17)42(34(11)12)49(68)61(18)41(33(9)10)48(67)59(16)39(31(5)6)46(65)57(14)36(28-35-24-20-19-21-25-35)43(62)54-26-22-23-27-55-50(51)52/h19-21,24-25,29-34,36-42,53H,22-23,26-28H2,1-18H3,(H,54,62)(H,56,63)(H4,51,52,55)/t36-,37-,38-,39-,40-,41-,42-/m0/s1. The first-order valence-electron chi connectivity index (χ1n) is 24.2. The van der Waals surface area contributed by atoms with Gasteiger partial charge in [-0.15, -0.1) is 0 Å². The van der Waals surface area contributed by atoms with Crippen molar-refractivity contribution < 1.29 is 33.6 Å². The Bertz CT molecular complexity index is 1830. The van der Waals surface area contributed by atoms with E-state index in [1.807, 2.05) is 113 Å². The lowest BCUT2D eigenvalue weighted by Gasteiger charge is -2.42. The van der Waals surface area contributed by atoms with Crippen LogP contribution in [0.4, 0.5) is 0 Å². The Morgan fingerprint density at radius 3 is 1.25 bits per heavy atom. The smallest absolute Gasteiger partial charge is 0.246 e. The molecule has 0 bridgehead atoms. The quantitative estimate of drug-likeness (QED) is 0.0491. The van der Waals surface area contributed by atoms with Crippen LogP contribution in [-0.2, 0) is 40.0 Å². The van der Waals surface area contributed by atoms with Crippen molar-refractivity contribution in [3.63, 3.8) is 0 Å². The Morgan fingerprint density at radius 1 is 0.515 bits per heavy atom. The summed E-state index contributed by atoms with van der Waals surface area (Å²) in [5.74, 6) is -4.97. The monoisotopic (exact) mass is 956 g/mol. The molecule has 0 unspecified atom stereocenters. The Morgan fingerprint density at radius 2 is 0.897 bits per heavy atom. The molecule has 0 aliphatic heterocycles. The van der Waals surface area contributed by atoms with Crippen molar-refractivity contribution in [2.45, 2.75) is 145 Å². The van der Waals surface area contributed by atoms with Gasteiger partial charge in [0.15, 0.2) is 5.96 Å². The number of hydrogen-bond donors (Lipinski definition) is 5. The molecule has 18 heteroatoms. The summed E-state index contributed by atoms with van der Waals surface area (Å²) in [6, 6.07) is 2.91. The zero-order chi connectivity index (χ0) is 52.5. The highest BCUT2D eigenvalue weighted by Gasteiger charge is 2.45. The largest absolute Gasteiger partial charge is 0.370 e. The lowest BCUT2D eigenvalue weighted by atomic mass is 9.93. The predicted molar refractivity (Wildman–Crippen MR) is 270 cm³/mol. The van der Waals surface area contributed by atoms with Gasteiger partial charge in [0.05, 0.1) is 6.04 Å². The van der Waals surface area contributed by atoms with Gasteiger partial charge in [-0.05, 0) is 61.0 Å². The maximum absolute atomic E-state index is 14.8. The second-order valence-electron chi connectivity index (χ2n) is 20.3. The molecule has 0 fully saturated rings. The number of guanidine groups is 1. The number of nitrogens with two attached hydrogens (primary N) is 2. The van der Waals surface area contributed by atoms with Crippen LogP contribution < -0.4 is 27.4 Å². The third-order valence-electron chi connectivity index (χ3n) is 12.7. The van der Waals surface area contributed by atoms with Crippen molar-refractivity contribution in [2.24, 2.45) is 52.0 Å². The van der Waals surface area contributed by atoms with Crippen LogP contribution >= 0.6 is 0 Å². The van der Waals surface area contributed by atoms with Crippen molar-refractivity contribution in [3.05, 3.63) is 35.9 Å². The summed E-state index contributed by atoms with van der Waals surface area (Å²) in [5, 5.41) is 8.88. The minimum Gasteiger partial charge on any atom is -0.370 e. The van der Waals surface area contributed by atoms with E-state index < -0.39 is 89.6 Å².